The summed E-state index contributed by atoms with van der Waals surface area (Å²) in [6.45, 7) is 4.19. The molecule has 3 heteroatoms. The van der Waals surface area contributed by atoms with Gasteiger partial charge < -0.3 is 10.6 Å². The number of aryl methyl sites for hydroxylation is 2. The molecule has 1 heterocycles. The molecule has 1 aliphatic rings. The van der Waals surface area contributed by atoms with Gasteiger partial charge in [0.1, 0.15) is 0 Å². The van der Waals surface area contributed by atoms with E-state index in [0.29, 0.717) is 0 Å². The van der Waals surface area contributed by atoms with Crippen LogP contribution in [0.1, 0.15) is 22.3 Å². The minimum Gasteiger partial charge on any atom is -0.353 e. The van der Waals surface area contributed by atoms with Crippen LogP contribution in [-0.2, 0) is 0 Å². The van der Waals surface area contributed by atoms with E-state index >= 15 is 0 Å². The number of benzene rings is 4. The first-order valence-corrected chi connectivity index (χ1v) is 12.2. The lowest BCUT2D eigenvalue weighted by atomic mass is 10.0. The van der Waals surface area contributed by atoms with Crippen LogP contribution >= 0.6 is 0 Å². The third kappa shape index (κ3) is 5.53. The van der Waals surface area contributed by atoms with Crippen molar-refractivity contribution >= 4 is 22.8 Å². The summed E-state index contributed by atoms with van der Waals surface area (Å²) in [6.07, 6.45) is 6.26. The second-order valence-electron chi connectivity index (χ2n) is 8.87. The van der Waals surface area contributed by atoms with Gasteiger partial charge in [-0.1, -0.05) is 102 Å². The molecule has 4 aromatic carbocycles. The number of aliphatic imine (C=N–C) groups is 1. The van der Waals surface area contributed by atoms with E-state index in [0.717, 1.165) is 45.3 Å². The number of nitrogens with one attached hydrogen (secondary N) is 2. The third-order valence-electron chi connectivity index (χ3n) is 6.03. The van der Waals surface area contributed by atoms with Crippen LogP contribution in [0.25, 0.3) is 5.70 Å². The first-order valence-electron chi connectivity index (χ1n) is 12.2. The number of hydrogen-bond acceptors (Lipinski definition) is 3. The number of rotatable bonds is 6. The largest absolute Gasteiger partial charge is 0.353 e. The summed E-state index contributed by atoms with van der Waals surface area (Å²) in [5, 5.41) is 7.32. The Morgan fingerprint density at radius 1 is 0.667 bits per heavy atom. The SMILES string of the molecule is Cc1ccc(N=C(C2=CC=C/C(=C(\Nc3ccc(C)cc3)c3ccccc3)N2)c2ccccc2)cc1. The zero-order valence-electron chi connectivity index (χ0n) is 20.6. The molecule has 176 valence electrons. The molecule has 1 aliphatic heterocycles. The summed E-state index contributed by atoms with van der Waals surface area (Å²) in [5.74, 6) is 0. The Morgan fingerprint density at radius 2 is 1.25 bits per heavy atom. The van der Waals surface area contributed by atoms with Crippen LogP contribution in [0.2, 0.25) is 0 Å². The summed E-state index contributed by atoms with van der Waals surface area (Å²) < 4.78 is 0. The average molecular weight is 468 g/mol. The number of anilines is 1. The molecule has 0 aromatic heterocycles. The number of nitrogens with zero attached hydrogens (tertiary/aromatic N) is 1. The first kappa shape index (κ1) is 23.1. The Kier molecular flexibility index (Phi) is 6.90. The van der Waals surface area contributed by atoms with Crippen LogP contribution in [0.15, 0.2) is 144 Å². The van der Waals surface area contributed by atoms with E-state index in [1.54, 1.807) is 0 Å². The van der Waals surface area contributed by atoms with Crippen LogP contribution in [0.5, 0.6) is 0 Å². The molecule has 0 saturated heterocycles. The molecule has 36 heavy (non-hydrogen) atoms. The topological polar surface area (TPSA) is 36.4 Å². The van der Waals surface area contributed by atoms with Crippen molar-refractivity contribution < 1.29 is 0 Å². The van der Waals surface area contributed by atoms with Crippen molar-refractivity contribution in [2.24, 2.45) is 4.99 Å². The minimum absolute atomic E-state index is 0.893. The summed E-state index contributed by atoms with van der Waals surface area (Å²) >= 11 is 0. The van der Waals surface area contributed by atoms with Crippen molar-refractivity contribution in [3.8, 4) is 0 Å². The highest BCUT2D eigenvalue weighted by atomic mass is 15.0. The molecule has 0 amide bonds. The molecule has 5 rings (SSSR count). The maximum atomic E-state index is 5.06. The lowest BCUT2D eigenvalue weighted by molar-refractivity contribution is 1.05. The first-order chi connectivity index (χ1) is 17.7. The van der Waals surface area contributed by atoms with Crippen molar-refractivity contribution in [1.82, 2.24) is 5.32 Å². The zero-order valence-corrected chi connectivity index (χ0v) is 20.6. The standard InChI is InChI=1S/C33H29N3/c1-24-16-20-28(21-17-24)34-32(26-10-5-3-6-11-26)30-14-9-15-31(36-30)33(27-12-7-4-8-13-27)35-29-22-18-25(2)19-23-29/h3-23,34,36H,1-2H3/b32-30+,35-33?. The van der Waals surface area contributed by atoms with Gasteiger partial charge in [0.25, 0.3) is 0 Å². The minimum atomic E-state index is 0.893. The fraction of sp³-hybridized carbons (Fsp3) is 0.0606. The molecule has 0 radical (unpaired) electrons. The predicted molar refractivity (Wildman–Crippen MR) is 152 cm³/mol. The van der Waals surface area contributed by atoms with Crippen molar-refractivity contribution in [2.45, 2.75) is 13.8 Å². The van der Waals surface area contributed by atoms with Gasteiger partial charge in [-0.05, 0) is 50.3 Å². The van der Waals surface area contributed by atoms with Gasteiger partial charge in [0.2, 0.25) is 0 Å². The molecule has 0 atom stereocenters. The second kappa shape index (κ2) is 10.7. The highest BCUT2D eigenvalue weighted by molar-refractivity contribution is 6.14. The van der Waals surface area contributed by atoms with Crippen molar-refractivity contribution in [1.29, 1.82) is 0 Å². The molecule has 0 bridgehead atoms. The molecular formula is C33H29N3. The average Bonchev–Trinajstić information content (AvgIpc) is 2.93. The smallest absolute Gasteiger partial charge is 0.0943 e. The summed E-state index contributed by atoms with van der Waals surface area (Å²) in [7, 11) is 0. The molecule has 4 aromatic rings. The Morgan fingerprint density at radius 3 is 1.89 bits per heavy atom. The fourth-order valence-electron chi connectivity index (χ4n) is 4.06. The summed E-state index contributed by atoms with van der Waals surface area (Å²) in [6, 6.07) is 37.5. The Bertz CT molecular complexity index is 1440. The molecule has 3 nitrogen and oxygen atoms in total. The van der Waals surface area contributed by atoms with Crippen LogP contribution in [-0.4, -0.2) is 5.71 Å². The molecule has 0 aliphatic carbocycles. The quantitative estimate of drug-likeness (QED) is 0.282. The van der Waals surface area contributed by atoms with Gasteiger partial charge in [-0.2, -0.15) is 0 Å². The van der Waals surface area contributed by atoms with E-state index < -0.39 is 0 Å². The fourth-order valence-corrected chi connectivity index (χ4v) is 4.06. The van der Waals surface area contributed by atoms with Crippen LogP contribution in [0.4, 0.5) is 11.4 Å². The van der Waals surface area contributed by atoms with E-state index in [1.807, 2.05) is 24.3 Å². The Labute approximate surface area is 213 Å². The second-order valence-corrected chi connectivity index (χ2v) is 8.87. The van der Waals surface area contributed by atoms with Gasteiger partial charge in [-0.3, -0.25) is 0 Å². The van der Waals surface area contributed by atoms with Crippen LogP contribution in [0.3, 0.4) is 0 Å². The number of allylic oxidation sites excluding steroid dienone is 4. The monoisotopic (exact) mass is 467 g/mol. The molecule has 2 N–H and O–H groups in total. The van der Waals surface area contributed by atoms with Gasteiger partial charge >= 0.3 is 0 Å². The number of hydrogen-bond donors (Lipinski definition) is 2. The summed E-state index contributed by atoms with van der Waals surface area (Å²) in [5.41, 5.74) is 10.4. The van der Waals surface area contributed by atoms with Gasteiger partial charge in [0, 0.05) is 16.8 Å². The van der Waals surface area contributed by atoms with Crippen molar-refractivity contribution in [3.63, 3.8) is 0 Å². The molecule has 0 spiro atoms. The van der Waals surface area contributed by atoms with E-state index in [9.17, 15) is 0 Å². The highest BCUT2D eigenvalue weighted by Gasteiger charge is 2.17. The lowest BCUT2D eigenvalue weighted by Gasteiger charge is -2.22. The van der Waals surface area contributed by atoms with E-state index in [2.05, 4.69) is 128 Å². The number of dihydropyridines is 1. The molecule has 0 saturated carbocycles. The maximum absolute atomic E-state index is 5.06. The van der Waals surface area contributed by atoms with E-state index in [4.69, 9.17) is 4.99 Å². The van der Waals surface area contributed by atoms with Crippen LogP contribution in [0, 0.1) is 13.8 Å². The van der Waals surface area contributed by atoms with Gasteiger partial charge in [-0.15, -0.1) is 0 Å². The molecular weight excluding hydrogens is 438 g/mol. The Hall–Kier alpha value is -4.63. The van der Waals surface area contributed by atoms with E-state index in [-0.39, 0.29) is 0 Å². The van der Waals surface area contributed by atoms with Crippen molar-refractivity contribution in [3.05, 3.63) is 161 Å². The predicted octanol–water partition coefficient (Wildman–Crippen LogP) is 7.95. The third-order valence-corrected chi connectivity index (χ3v) is 6.03. The van der Waals surface area contributed by atoms with Gasteiger partial charge in [0.15, 0.2) is 0 Å². The maximum Gasteiger partial charge on any atom is 0.0943 e. The molecule has 0 unspecified atom stereocenters. The van der Waals surface area contributed by atoms with Crippen LogP contribution < -0.4 is 10.6 Å². The molecule has 0 fully saturated rings. The lowest BCUT2D eigenvalue weighted by Crippen LogP contribution is -2.24. The highest BCUT2D eigenvalue weighted by Crippen LogP contribution is 2.26. The van der Waals surface area contributed by atoms with E-state index in [1.165, 1.54) is 11.1 Å². The normalized spacial score (nSPS) is 14.6. The summed E-state index contributed by atoms with van der Waals surface area (Å²) in [4.78, 5) is 5.06. The van der Waals surface area contributed by atoms with Crippen molar-refractivity contribution in [2.75, 3.05) is 5.32 Å². The Balaban J connectivity index is 1.57. The zero-order chi connectivity index (χ0) is 24.7. The van der Waals surface area contributed by atoms with Gasteiger partial charge in [-0.25, -0.2) is 4.99 Å². The van der Waals surface area contributed by atoms with Gasteiger partial charge in [0.05, 0.1) is 28.5 Å².